The van der Waals surface area contributed by atoms with Crippen LogP contribution in [0.2, 0.25) is 0 Å². The number of amides is 2. The molecule has 1 aromatic carbocycles. The molecule has 0 bridgehead atoms. The van der Waals surface area contributed by atoms with Crippen LogP contribution >= 0.6 is 0 Å². The Balaban J connectivity index is 1.86. The first-order valence-electron chi connectivity index (χ1n) is 8.75. The van der Waals surface area contributed by atoms with Crippen LogP contribution in [0.15, 0.2) is 24.3 Å². The maximum atomic E-state index is 12.7. The lowest BCUT2D eigenvalue weighted by atomic mass is 10.0. The number of rotatable bonds is 6. The van der Waals surface area contributed by atoms with E-state index in [0.29, 0.717) is 25.8 Å². The van der Waals surface area contributed by atoms with Gasteiger partial charge in [0, 0.05) is 31.5 Å². The van der Waals surface area contributed by atoms with Crippen LogP contribution in [0.1, 0.15) is 13.3 Å². The molecule has 0 aliphatic carbocycles. The van der Waals surface area contributed by atoms with Crippen molar-refractivity contribution in [1.82, 2.24) is 4.90 Å². The number of aliphatic hydroxyl groups is 1. The minimum Gasteiger partial charge on any atom is -0.380 e. The summed E-state index contributed by atoms with van der Waals surface area (Å²) in [6, 6.07) is 7.10. The molecule has 156 valence electrons. The molecule has 2 rings (SSSR count). The molecule has 0 saturated carbocycles. The van der Waals surface area contributed by atoms with E-state index in [-0.39, 0.29) is 0 Å². The highest BCUT2D eigenvalue weighted by atomic mass is 19.4. The van der Waals surface area contributed by atoms with E-state index >= 15 is 0 Å². The predicted octanol–water partition coefficient (Wildman–Crippen LogP) is 1.62. The largest absolute Gasteiger partial charge is 0.417 e. The maximum Gasteiger partial charge on any atom is 0.417 e. The fraction of sp³-hybridized carbons (Fsp3) is 0.556. The second-order valence-corrected chi connectivity index (χ2v) is 6.89. The first-order valence-corrected chi connectivity index (χ1v) is 8.75. The van der Waals surface area contributed by atoms with E-state index in [1.807, 2.05) is 12.1 Å². The van der Waals surface area contributed by atoms with Crippen molar-refractivity contribution in [3.63, 3.8) is 0 Å². The fourth-order valence-corrected chi connectivity index (χ4v) is 2.61. The molecule has 28 heavy (non-hydrogen) atoms. The van der Waals surface area contributed by atoms with E-state index in [4.69, 9.17) is 4.74 Å². The third-order valence-electron chi connectivity index (χ3n) is 4.44. The summed E-state index contributed by atoms with van der Waals surface area (Å²) in [6.45, 7) is 2.95. The normalized spacial score (nSPS) is 17.0. The Hall–Kier alpha value is -2.33. The number of carbonyl (C=O) groups excluding carboxylic acids is 2. The van der Waals surface area contributed by atoms with Gasteiger partial charge < -0.3 is 25.0 Å². The van der Waals surface area contributed by atoms with Gasteiger partial charge in [-0.15, -0.1) is 0 Å². The highest BCUT2D eigenvalue weighted by Crippen LogP contribution is 2.32. The number of benzene rings is 1. The number of morpholine rings is 1. The number of nitrogens with one attached hydrogen (secondary N) is 1. The maximum absolute atomic E-state index is 12.7. The summed E-state index contributed by atoms with van der Waals surface area (Å²) in [4.78, 5) is 26.9. The number of anilines is 2. The molecule has 2 N–H and O–H groups in total. The van der Waals surface area contributed by atoms with Gasteiger partial charge in [-0.3, -0.25) is 9.59 Å². The summed E-state index contributed by atoms with van der Waals surface area (Å²) in [5.41, 5.74) is -1.66. The molecular formula is C18H24F3N3O4. The second kappa shape index (κ2) is 8.78. The van der Waals surface area contributed by atoms with E-state index in [9.17, 15) is 27.9 Å². The van der Waals surface area contributed by atoms with Crippen molar-refractivity contribution in [2.24, 2.45) is 0 Å². The van der Waals surface area contributed by atoms with Crippen molar-refractivity contribution in [2.45, 2.75) is 25.1 Å². The van der Waals surface area contributed by atoms with Crippen LogP contribution in [0.3, 0.4) is 0 Å². The van der Waals surface area contributed by atoms with Gasteiger partial charge in [0.25, 0.3) is 0 Å². The summed E-state index contributed by atoms with van der Waals surface area (Å²) in [7, 11) is 1.20. The summed E-state index contributed by atoms with van der Waals surface area (Å²) in [6.07, 6.45) is -6.09. The summed E-state index contributed by atoms with van der Waals surface area (Å²) in [5, 5.41) is 12.0. The third kappa shape index (κ3) is 5.83. The average Bonchev–Trinajstić information content (AvgIpc) is 2.61. The molecule has 2 amide bonds. The van der Waals surface area contributed by atoms with E-state index in [1.54, 1.807) is 12.1 Å². The number of carbonyl (C=O) groups is 2. The Morgan fingerprint density at radius 2 is 1.79 bits per heavy atom. The molecule has 0 aromatic heterocycles. The van der Waals surface area contributed by atoms with E-state index < -0.39 is 36.6 Å². The molecule has 1 aromatic rings. The first kappa shape index (κ1) is 22.0. The number of alkyl halides is 3. The Bertz CT molecular complexity index is 686. The van der Waals surface area contributed by atoms with Crippen LogP contribution in [0, 0.1) is 0 Å². The van der Waals surface area contributed by atoms with Crippen LogP contribution in [-0.4, -0.2) is 73.5 Å². The molecule has 1 heterocycles. The summed E-state index contributed by atoms with van der Waals surface area (Å²) in [5.74, 6) is -1.54. The minimum absolute atomic E-state index is 0.433. The van der Waals surface area contributed by atoms with Crippen LogP contribution < -0.4 is 10.2 Å². The van der Waals surface area contributed by atoms with Gasteiger partial charge in [0.1, 0.15) is 0 Å². The number of hydrogen-bond donors (Lipinski definition) is 2. The SMILES string of the molecule is CN(CC(=O)Nc1ccc(N2CCOCC2)cc1)C(=O)C[C@](C)(O)C(F)(F)F. The zero-order valence-corrected chi connectivity index (χ0v) is 15.8. The van der Waals surface area contributed by atoms with Gasteiger partial charge in [-0.1, -0.05) is 0 Å². The molecule has 0 spiro atoms. The molecule has 1 atom stereocenters. The minimum atomic E-state index is -4.94. The van der Waals surface area contributed by atoms with Crippen molar-refractivity contribution in [1.29, 1.82) is 0 Å². The Morgan fingerprint density at radius 3 is 2.32 bits per heavy atom. The second-order valence-electron chi connectivity index (χ2n) is 6.89. The third-order valence-corrected chi connectivity index (χ3v) is 4.44. The lowest BCUT2D eigenvalue weighted by Crippen LogP contribution is -2.47. The molecule has 1 fully saturated rings. The van der Waals surface area contributed by atoms with Crippen molar-refractivity contribution in [3.8, 4) is 0 Å². The number of halogens is 3. The zero-order valence-electron chi connectivity index (χ0n) is 15.8. The topological polar surface area (TPSA) is 82.1 Å². The summed E-state index contributed by atoms with van der Waals surface area (Å²) < 4.78 is 43.3. The molecule has 0 radical (unpaired) electrons. The van der Waals surface area contributed by atoms with Crippen molar-refractivity contribution < 1.29 is 32.6 Å². The highest BCUT2D eigenvalue weighted by molar-refractivity contribution is 5.94. The highest BCUT2D eigenvalue weighted by Gasteiger charge is 2.51. The molecule has 1 aliphatic rings. The van der Waals surface area contributed by atoms with Gasteiger partial charge in [0.2, 0.25) is 11.8 Å². The lowest BCUT2D eigenvalue weighted by molar-refractivity contribution is -0.254. The van der Waals surface area contributed by atoms with Crippen LogP contribution in [-0.2, 0) is 14.3 Å². The Morgan fingerprint density at radius 1 is 1.21 bits per heavy atom. The van der Waals surface area contributed by atoms with Gasteiger partial charge in [0.05, 0.1) is 26.2 Å². The molecule has 1 aliphatic heterocycles. The van der Waals surface area contributed by atoms with Gasteiger partial charge in [-0.05, 0) is 31.2 Å². The average molecular weight is 403 g/mol. The molecule has 7 nitrogen and oxygen atoms in total. The van der Waals surface area contributed by atoms with Crippen molar-refractivity contribution in [3.05, 3.63) is 24.3 Å². The van der Waals surface area contributed by atoms with Crippen molar-refractivity contribution in [2.75, 3.05) is 50.1 Å². The smallest absolute Gasteiger partial charge is 0.380 e. The van der Waals surface area contributed by atoms with Gasteiger partial charge in [0.15, 0.2) is 5.60 Å². The summed E-state index contributed by atoms with van der Waals surface area (Å²) >= 11 is 0. The molecule has 1 saturated heterocycles. The van der Waals surface area contributed by atoms with Gasteiger partial charge in [-0.2, -0.15) is 13.2 Å². The van der Waals surface area contributed by atoms with E-state index in [2.05, 4.69) is 10.2 Å². The number of nitrogens with zero attached hydrogens (tertiary/aromatic N) is 2. The number of hydrogen-bond acceptors (Lipinski definition) is 5. The van der Waals surface area contributed by atoms with E-state index in [1.165, 1.54) is 7.05 Å². The standard InChI is InChI=1S/C18H24F3N3O4/c1-17(27,18(19,20)21)11-16(26)23(2)12-15(25)22-13-3-5-14(6-4-13)24-7-9-28-10-8-24/h3-6,27H,7-12H2,1-2H3,(H,22,25)/t17-/m0/s1. The van der Waals surface area contributed by atoms with Gasteiger partial charge >= 0.3 is 6.18 Å². The van der Waals surface area contributed by atoms with Gasteiger partial charge in [-0.25, -0.2) is 0 Å². The molecule has 10 heteroatoms. The monoisotopic (exact) mass is 403 g/mol. The first-order chi connectivity index (χ1) is 13.0. The fourth-order valence-electron chi connectivity index (χ4n) is 2.61. The number of likely N-dealkylation sites (N-methyl/N-ethyl adjacent to an activating group) is 1. The van der Waals surface area contributed by atoms with Crippen LogP contribution in [0.25, 0.3) is 0 Å². The molecular weight excluding hydrogens is 379 g/mol. The van der Waals surface area contributed by atoms with Crippen LogP contribution in [0.4, 0.5) is 24.5 Å². The zero-order chi connectivity index (χ0) is 20.9. The van der Waals surface area contributed by atoms with Crippen molar-refractivity contribution >= 4 is 23.2 Å². The predicted molar refractivity (Wildman–Crippen MR) is 97.0 cm³/mol. The molecule has 0 unspecified atom stereocenters. The van der Waals surface area contributed by atoms with E-state index in [0.717, 1.165) is 23.7 Å². The Labute approximate surface area is 161 Å². The Kier molecular flexibility index (Phi) is 6.89. The number of ether oxygens (including phenoxy) is 1. The quantitative estimate of drug-likeness (QED) is 0.755. The lowest BCUT2D eigenvalue weighted by Gasteiger charge is -2.29. The van der Waals surface area contributed by atoms with Crippen LogP contribution in [0.5, 0.6) is 0 Å².